The van der Waals surface area contributed by atoms with Crippen molar-refractivity contribution in [3.8, 4) is 5.75 Å². The van der Waals surface area contributed by atoms with Crippen LogP contribution in [0.15, 0.2) is 41.4 Å². The molecule has 1 aliphatic heterocycles. The Morgan fingerprint density at radius 3 is 2.96 bits per heavy atom. The summed E-state index contributed by atoms with van der Waals surface area (Å²) >= 11 is 6.20. The quantitative estimate of drug-likeness (QED) is 0.741. The van der Waals surface area contributed by atoms with Crippen LogP contribution in [0.1, 0.15) is 23.9 Å². The molecule has 136 valence electrons. The summed E-state index contributed by atoms with van der Waals surface area (Å²) in [7, 11) is -3.71. The molecule has 1 unspecified atom stereocenters. The molecule has 0 amide bonds. The number of ether oxygens (including phenoxy) is 1. The van der Waals surface area contributed by atoms with Crippen molar-refractivity contribution in [2.75, 3.05) is 0 Å². The molecule has 1 aromatic carbocycles. The minimum absolute atomic E-state index is 0.00498. The maximum atomic E-state index is 12.7. The summed E-state index contributed by atoms with van der Waals surface area (Å²) in [6, 6.07) is 8.82. The molecule has 2 aromatic heterocycles. The number of aromatic nitrogens is 2. The first-order valence-electron chi connectivity index (χ1n) is 8.26. The van der Waals surface area contributed by atoms with Gasteiger partial charge in [0.2, 0.25) is 10.0 Å². The lowest BCUT2D eigenvalue weighted by atomic mass is 10.1. The van der Waals surface area contributed by atoms with Crippen LogP contribution in [-0.4, -0.2) is 23.9 Å². The molecule has 0 radical (unpaired) electrons. The summed E-state index contributed by atoms with van der Waals surface area (Å²) in [6.07, 6.45) is 2.47. The first-order chi connectivity index (χ1) is 12.3. The number of rotatable bonds is 4. The number of imidazole rings is 1. The van der Waals surface area contributed by atoms with E-state index >= 15 is 0 Å². The topological polar surface area (TPSA) is 72.7 Å². The Labute approximate surface area is 156 Å². The Kier molecular flexibility index (Phi) is 4.17. The second-order valence-corrected chi connectivity index (χ2v) is 8.65. The molecule has 8 heteroatoms. The Bertz CT molecular complexity index is 1110. The smallest absolute Gasteiger partial charge is 0.240 e. The van der Waals surface area contributed by atoms with Gasteiger partial charge >= 0.3 is 0 Å². The fourth-order valence-electron chi connectivity index (χ4n) is 3.15. The Hall–Kier alpha value is -2.09. The molecule has 4 rings (SSSR count). The number of pyridine rings is 1. The molecular formula is C18H18ClN3O3S. The molecule has 1 aliphatic rings. The maximum Gasteiger partial charge on any atom is 0.240 e. The lowest BCUT2D eigenvalue weighted by Gasteiger charge is -2.09. The van der Waals surface area contributed by atoms with Crippen molar-refractivity contribution >= 4 is 27.3 Å². The number of aryl methyl sites for hydroxylation is 1. The summed E-state index contributed by atoms with van der Waals surface area (Å²) in [6.45, 7) is 4.00. The van der Waals surface area contributed by atoms with Crippen LogP contribution in [0.3, 0.4) is 0 Å². The van der Waals surface area contributed by atoms with Gasteiger partial charge < -0.3 is 9.14 Å². The lowest BCUT2D eigenvalue weighted by Crippen LogP contribution is -2.23. The molecule has 3 aromatic rings. The maximum absolute atomic E-state index is 12.7. The van der Waals surface area contributed by atoms with Gasteiger partial charge in [-0.25, -0.2) is 18.1 Å². The zero-order valence-electron chi connectivity index (χ0n) is 14.4. The van der Waals surface area contributed by atoms with E-state index in [1.807, 2.05) is 42.6 Å². The number of sulfonamides is 1. The molecule has 1 atom stereocenters. The third-order valence-electron chi connectivity index (χ3n) is 4.42. The van der Waals surface area contributed by atoms with Crippen molar-refractivity contribution < 1.29 is 13.2 Å². The fourth-order valence-corrected chi connectivity index (χ4v) is 4.57. The highest BCUT2D eigenvalue weighted by Crippen LogP contribution is 2.37. The molecule has 0 saturated heterocycles. The van der Waals surface area contributed by atoms with E-state index in [0.717, 1.165) is 16.9 Å². The fraction of sp³-hybridized carbons (Fsp3) is 0.278. The monoisotopic (exact) mass is 391 g/mol. The van der Waals surface area contributed by atoms with Gasteiger partial charge in [-0.05, 0) is 38.1 Å². The van der Waals surface area contributed by atoms with E-state index in [9.17, 15) is 8.42 Å². The second kappa shape index (κ2) is 6.26. The van der Waals surface area contributed by atoms with Gasteiger partial charge in [0, 0.05) is 23.9 Å². The number of nitrogens with zero attached hydrogens (tertiary/aromatic N) is 2. The summed E-state index contributed by atoms with van der Waals surface area (Å²) in [5.41, 5.74) is 3.27. The van der Waals surface area contributed by atoms with E-state index < -0.39 is 10.0 Å². The van der Waals surface area contributed by atoms with Crippen molar-refractivity contribution in [1.82, 2.24) is 14.1 Å². The van der Waals surface area contributed by atoms with Crippen LogP contribution in [-0.2, 0) is 23.0 Å². The minimum atomic E-state index is -3.71. The molecule has 0 saturated carbocycles. The van der Waals surface area contributed by atoms with Crippen LogP contribution in [0.5, 0.6) is 5.75 Å². The van der Waals surface area contributed by atoms with E-state index in [4.69, 9.17) is 16.3 Å². The van der Waals surface area contributed by atoms with Crippen LogP contribution < -0.4 is 9.46 Å². The van der Waals surface area contributed by atoms with Crippen LogP contribution >= 0.6 is 11.6 Å². The molecule has 0 bridgehead atoms. The Morgan fingerprint density at radius 2 is 2.19 bits per heavy atom. The minimum Gasteiger partial charge on any atom is -0.489 e. The molecule has 0 fully saturated rings. The van der Waals surface area contributed by atoms with E-state index in [1.54, 1.807) is 6.07 Å². The average molecular weight is 392 g/mol. The van der Waals surface area contributed by atoms with Gasteiger partial charge in [-0.2, -0.15) is 0 Å². The van der Waals surface area contributed by atoms with Gasteiger partial charge in [-0.15, -0.1) is 0 Å². The highest BCUT2D eigenvalue weighted by atomic mass is 35.5. The van der Waals surface area contributed by atoms with Crippen molar-refractivity contribution in [1.29, 1.82) is 0 Å². The van der Waals surface area contributed by atoms with Gasteiger partial charge in [-0.3, -0.25) is 0 Å². The largest absolute Gasteiger partial charge is 0.489 e. The predicted octanol–water partition coefficient (Wildman–Crippen LogP) is 3.10. The standard InChI is InChI=1S/C18H18ClN3O3S/c1-11-4-3-5-17-21-14(10-22(11)17)9-20-26(23,24)15-7-13-6-12(2)25-18(13)16(19)8-15/h3-5,7-8,10,12,20H,6,9H2,1-2H3. The SMILES string of the molecule is Cc1cccc2nc(CNS(=O)(=O)c3cc(Cl)c4c(c3)CC(C)O4)cn12. The zero-order chi connectivity index (χ0) is 18.5. The van der Waals surface area contributed by atoms with E-state index in [0.29, 0.717) is 22.9 Å². The number of nitrogens with one attached hydrogen (secondary N) is 1. The van der Waals surface area contributed by atoms with E-state index in [1.165, 1.54) is 6.07 Å². The molecular weight excluding hydrogens is 374 g/mol. The van der Waals surface area contributed by atoms with Gasteiger partial charge in [0.15, 0.2) is 0 Å². The number of hydrogen-bond acceptors (Lipinski definition) is 4. The summed E-state index contributed by atoms with van der Waals surface area (Å²) in [5.74, 6) is 0.578. The van der Waals surface area contributed by atoms with Crippen molar-refractivity contribution in [2.24, 2.45) is 0 Å². The Balaban J connectivity index is 1.58. The predicted molar refractivity (Wildman–Crippen MR) is 99.2 cm³/mol. The van der Waals surface area contributed by atoms with Crippen molar-refractivity contribution in [3.05, 3.63) is 58.5 Å². The summed E-state index contributed by atoms with van der Waals surface area (Å²) in [4.78, 5) is 4.58. The third-order valence-corrected chi connectivity index (χ3v) is 6.08. The first kappa shape index (κ1) is 17.3. The molecule has 6 nitrogen and oxygen atoms in total. The van der Waals surface area contributed by atoms with Crippen molar-refractivity contribution in [3.63, 3.8) is 0 Å². The number of benzene rings is 1. The number of hydrogen-bond donors (Lipinski definition) is 1. The molecule has 26 heavy (non-hydrogen) atoms. The molecule has 0 aliphatic carbocycles. The Morgan fingerprint density at radius 1 is 1.38 bits per heavy atom. The van der Waals surface area contributed by atoms with Crippen LogP contribution in [0.2, 0.25) is 5.02 Å². The van der Waals surface area contributed by atoms with E-state index in [-0.39, 0.29) is 17.5 Å². The lowest BCUT2D eigenvalue weighted by molar-refractivity contribution is 0.255. The van der Waals surface area contributed by atoms with Gasteiger partial charge in [0.25, 0.3) is 0 Å². The normalized spacial score (nSPS) is 16.7. The van der Waals surface area contributed by atoms with Gasteiger partial charge in [0.05, 0.1) is 22.2 Å². The second-order valence-electron chi connectivity index (χ2n) is 6.48. The molecule has 0 spiro atoms. The highest BCUT2D eigenvalue weighted by Gasteiger charge is 2.26. The van der Waals surface area contributed by atoms with Crippen molar-refractivity contribution in [2.45, 2.75) is 37.8 Å². The molecule has 1 N–H and O–H groups in total. The number of halogens is 1. The van der Waals surface area contributed by atoms with Crippen LogP contribution in [0.25, 0.3) is 5.65 Å². The number of fused-ring (bicyclic) bond motifs is 2. The summed E-state index contributed by atoms with van der Waals surface area (Å²) in [5, 5.41) is 0.315. The highest BCUT2D eigenvalue weighted by molar-refractivity contribution is 7.89. The first-order valence-corrected chi connectivity index (χ1v) is 10.1. The summed E-state index contributed by atoms with van der Waals surface area (Å²) < 4.78 is 35.5. The molecule has 3 heterocycles. The van der Waals surface area contributed by atoms with Crippen LogP contribution in [0.4, 0.5) is 0 Å². The third kappa shape index (κ3) is 3.06. The van der Waals surface area contributed by atoms with Gasteiger partial charge in [-0.1, -0.05) is 17.7 Å². The van der Waals surface area contributed by atoms with E-state index in [2.05, 4.69) is 9.71 Å². The van der Waals surface area contributed by atoms with Gasteiger partial charge in [0.1, 0.15) is 17.5 Å². The zero-order valence-corrected chi connectivity index (χ0v) is 15.9. The van der Waals surface area contributed by atoms with Crippen LogP contribution in [0, 0.1) is 6.92 Å². The average Bonchev–Trinajstić information content (AvgIpc) is 3.17.